The molecule has 0 saturated carbocycles. The highest BCUT2D eigenvalue weighted by molar-refractivity contribution is 5.90. The molecule has 0 aliphatic carbocycles. The fourth-order valence-electron chi connectivity index (χ4n) is 1.44. The van der Waals surface area contributed by atoms with Gasteiger partial charge in [0.2, 0.25) is 0 Å². The normalized spacial score (nSPS) is 10.2. The fourth-order valence-corrected chi connectivity index (χ4v) is 1.44. The van der Waals surface area contributed by atoms with Crippen LogP contribution in [0.2, 0.25) is 0 Å². The van der Waals surface area contributed by atoms with Crippen molar-refractivity contribution in [3.63, 3.8) is 0 Å². The average Bonchev–Trinajstić information content (AvgIpc) is 2.56. The number of hydrogen-bond acceptors (Lipinski definition) is 6. The Morgan fingerprint density at radius 3 is 2.26 bits per heavy atom. The molecule has 0 aliphatic heterocycles. The van der Waals surface area contributed by atoms with Gasteiger partial charge in [0.15, 0.2) is 0 Å². The summed E-state index contributed by atoms with van der Waals surface area (Å²) >= 11 is 0. The second-order valence-corrected chi connectivity index (χ2v) is 4.53. The average molecular weight is 318 g/mol. The van der Waals surface area contributed by atoms with Crippen molar-refractivity contribution in [2.24, 2.45) is 0 Å². The lowest BCUT2D eigenvalue weighted by Gasteiger charge is -2.06. The lowest BCUT2D eigenvalue weighted by Crippen LogP contribution is -2.14. The van der Waals surface area contributed by atoms with Gasteiger partial charge in [-0.2, -0.15) is 0 Å². The zero-order valence-electron chi connectivity index (χ0n) is 13.0. The largest absolute Gasteiger partial charge is 0.466 e. The van der Waals surface area contributed by atoms with E-state index in [-0.39, 0.29) is 18.8 Å². The third-order valence-corrected chi connectivity index (χ3v) is 2.66. The van der Waals surface area contributed by atoms with Gasteiger partial charge in [-0.1, -0.05) is 18.7 Å². The van der Waals surface area contributed by atoms with Gasteiger partial charge in [-0.05, 0) is 30.7 Å². The first-order valence-electron chi connectivity index (χ1n) is 6.80. The van der Waals surface area contributed by atoms with Crippen molar-refractivity contribution >= 4 is 24.0 Å². The number of carbonyl (C=O) groups is 3. The summed E-state index contributed by atoms with van der Waals surface area (Å²) in [5, 5.41) is 0. The molecule has 0 unspecified atom stereocenters. The minimum atomic E-state index is -0.528. The third kappa shape index (κ3) is 6.60. The van der Waals surface area contributed by atoms with Crippen molar-refractivity contribution in [3.05, 3.63) is 53.6 Å². The van der Waals surface area contributed by atoms with E-state index in [0.717, 1.165) is 5.56 Å². The summed E-state index contributed by atoms with van der Waals surface area (Å²) in [5.41, 5.74) is 1.38. The number of esters is 3. The van der Waals surface area contributed by atoms with Crippen LogP contribution < -0.4 is 0 Å². The fraction of sp³-hybridized carbons (Fsp3) is 0.235. The SMILES string of the molecule is C=C(C)C(=O)OCCOC(=O)c1ccc(C=CC(=O)OC)cc1. The van der Waals surface area contributed by atoms with Crippen LogP contribution in [0.25, 0.3) is 6.08 Å². The van der Waals surface area contributed by atoms with Crippen LogP contribution in [0.4, 0.5) is 0 Å². The van der Waals surface area contributed by atoms with E-state index in [9.17, 15) is 14.4 Å². The highest BCUT2D eigenvalue weighted by Gasteiger charge is 2.08. The van der Waals surface area contributed by atoms with Crippen LogP contribution in [0.1, 0.15) is 22.8 Å². The molecule has 1 aromatic carbocycles. The van der Waals surface area contributed by atoms with Crippen molar-refractivity contribution in [2.45, 2.75) is 6.92 Å². The molecule has 0 atom stereocenters. The third-order valence-electron chi connectivity index (χ3n) is 2.66. The van der Waals surface area contributed by atoms with E-state index in [0.29, 0.717) is 5.56 Å². The Morgan fingerprint density at radius 2 is 1.70 bits per heavy atom. The zero-order valence-corrected chi connectivity index (χ0v) is 13.0. The number of methoxy groups -OCH3 is 1. The lowest BCUT2D eigenvalue weighted by molar-refractivity contribution is -0.140. The molecule has 6 heteroatoms. The molecule has 0 fully saturated rings. The van der Waals surface area contributed by atoms with Crippen LogP contribution in [0, 0.1) is 0 Å². The number of hydrogen-bond donors (Lipinski definition) is 0. The molecule has 0 radical (unpaired) electrons. The molecular formula is C17H18O6. The lowest BCUT2D eigenvalue weighted by atomic mass is 10.1. The molecule has 0 spiro atoms. The summed E-state index contributed by atoms with van der Waals surface area (Å²) in [7, 11) is 1.29. The van der Waals surface area contributed by atoms with E-state index < -0.39 is 17.9 Å². The van der Waals surface area contributed by atoms with E-state index in [1.807, 2.05) is 0 Å². The van der Waals surface area contributed by atoms with Gasteiger partial charge in [-0.3, -0.25) is 0 Å². The van der Waals surface area contributed by atoms with Gasteiger partial charge in [-0.25, -0.2) is 14.4 Å². The Labute approximate surface area is 134 Å². The van der Waals surface area contributed by atoms with Gasteiger partial charge in [-0.15, -0.1) is 0 Å². The predicted octanol–water partition coefficient (Wildman–Crippen LogP) is 2.15. The van der Waals surface area contributed by atoms with Crippen LogP contribution in [0.15, 0.2) is 42.5 Å². The van der Waals surface area contributed by atoms with Crippen LogP contribution >= 0.6 is 0 Å². The number of carbonyl (C=O) groups excluding carboxylic acids is 3. The topological polar surface area (TPSA) is 78.9 Å². The molecule has 0 N–H and O–H groups in total. The first kappa shape index (κ1) is 18.2. The molecule has 0 aromatic heterocycles. The van der Waals surface area contributed by atoms with Gasteiger partial charge in [0, 0.05) is 11.6 Å². The summed E-state index contributed by atoms with van der Waals surface area (Å²) in [6.07, 6.45) is 2.85. The Morgan fingerprint density at radius 1 is 1.09 bits per heavy atom. The van der Waals surface area contributed by atoms with Crippen LogP contribution in [0.3, 0.4) is 0 Å². The molecule has 1 aromatic rings. The Balaban J connectivity index is 2.45. The van der Waals surface area contributed by atoms with Crippen molar-refractivity contribution in [1.82, 2.24) is 0 Å². The molecule has 23 heavy (non-hydrogen) atoms. The van der Waals surface area contributed by atoms with E-state index in [4.69, 9.17) is 9.47 Å². The van der Waals surface area contributed by atoms with Crippen molar-refractivity contribution < 1.29 is 28.6 Å². The second kappa shape index (κ2) is 9.19. The zero-order chi connectivity index (χ0) is 17.2. The maximum Gasteiger partial charge on any atom is 0.338 e. The molecule has 0 bridgehead atoms. The Kier molecular flexibility index (Phi) is 7.26. The number of benzene rings is 1. The minimum Gasteiger partial charge on any atom is -0.466 e. The van der Waals surface area contributed by atoms with E-state index in [2.05, 4.69) is 11.3 Å². The predicted molar refractivity (Wildman–Crippen MR) is 83.5 cm³/mol. The first-order valence-corrected chi connectivity index (χ1v) is 6.80. The van der Waals surface area contributed by atoms with Crippen molar-refractivity contribution in [2.75, 3.05) is 20.3 Å². The van der Waals surface area contributed by atoms with Crippen molar-refractivity contribution in [1.29, 1.82) is 0 Å². The van der Waals surface area contributed by atoms with Crippen LogP contribution in [-0.4, -0.2) is 38.2 Å². The van der Waals surface area contributed by atoms with E-state index >= 15 is 0 Å². The quantitative estimate of drug-likeness (QED) is 0.332. The van der Waals surface area contributed by atoms with Gasteiger partial charge in [0.25, 0.3) is 0 Å². The molecule has 0 aliphatic rings. The molecule has 0 amide bonds. The number of ether oxygens (including phenoxy) is 3. The van der Waals surface area contributed by atoms with Crippen LogP contribution in [-0.2, 0) is 23.8 Å². The number of rotatable bonds is 7. The molecule has 1 rings (SSSR count). The minimum absolute atomic E-state index is 0.0304. The molecular weight excluding hydrogens is 300 g/mol. The smallest absolute Gasteiger partial charge is 0.338 e. The second-order valence-electron chi connectivity index (χ2n) is 4.53. The Bertz CT molecular complexity index is 612. The summed E-state index contributed by atoms with van der Waals surface area (Å²) in [4.78, 5) is 33.9. The van der Waals surface area contributed by atoms with Crippen LogP contribution in [0.5, 0.6) is 0 Å². The summed E-state index contributed by atoms with van der Waals surface area (Å²) in [5.74, 6) is -1.51. The highest BCUT2D eigenvalue weighted by Crippen LogP contribution is 2.08. The maximum absolute atomic E-state index is 11.8. The highest BCUT2D eigenvalue weighted by atomic mass is 16.6. The molecule has 122 valence electrons. The first-order chi connectivity index (χ1) is 10.9. The molecule has 0 saturated heterocycles. The standard InChI is InChI=1S/C17H18O6/c1-12(2)16(19)22-10-11-23-17(20)14-7-4-13(5-8-14)6-9-15(18)21-3/h4-9H,1,10-11H2,2-3H3. The van der Waals surface area contributed by atoms with Gasteiger partial charge in [0.05, 0.1) is 12.7 Å². The van der Waals surface area contributed by atoms with Crippen molar-refractivity contribution in [3.8, 4) is 0 Å². The monoisotopic (exact) mass is 318 g/mol. The van der Waals surface area contributed by atoms with Gasteiger partial charge in [0.1, 0.15) is 13.2 Å². The summed E-state index contributed by atoms with van der Waals surface area (Å²) in [6, 6.07) is 6.46. The molecule has 6 nitrogen and oxygen atoms in total. The van der Waals surface area contributed by atoms with Gasteiger partial charge >= 0.3 is 17.9 Å². The summed E-state index contributed by atoms with van der Waals surface area (Å²) in [6.45, 7) is 4.90. The van der Waals surface area contributed by atoms with E-state index in [1.54, 1.807) is 30.3 Å². The molecule has 0 heterocycles. The van der Waals surface area contributed by atoms with Gasteiger partial charge < -0.3 is 14.2 Å². The maximum atomic E-state index is 11.8. The van der Waals surface area contributed by atoms with E-state index in [1.165, 1.54) is 20.1 Å². The Hall–Kier alpha value is -2.89. The summed E-state index contributed by atoms with van der Waals surface area (Å²) < 4.78 is 14.3.